The van der Waals surface area contributed by atoms with E-state index in [2.05, 4.69) is 5.32 Å². The number of carbonyl (C=O) groups is 3. The molecule has 0 radical (unpaired) electrons. The molecule has 3 aromatic carbocycles. The van der Waals surface area contributed by atoms with Gasteiger partial charge in [-0.05, 0) is 55.0 Å². The fourth-order valence-electron chi connectivity index (χ4n) is 4.50. The van der Waals surface area contributed by atoms with E-state index in [1.54, 1.807) is 36.3 Å². The minimum absolute atomic E-state index is 0.136. The van der Waals surface area contributed by atoms with Crippen molar-refractivity contribution >= 4 is 46.5 Å². The maximum atomic E-state index is 14.0. The van der Waals surface area contributed by atoms with Crippen LogP contribution in [0.15, 0.2) is 72.8 Å². The second kappa shape index (κ2) is 8.53. The van der Waals surface area contributed by atoms with Crippen molar-refractivity contribution < 1.29 is 19.1 Å². The standard InChI is InChI=1S/C26H23N3O4S/c1-17-6-5-7-19(14-17)29-24(31)16-34-26(29)21-8-3-4-9-22(21)28(25(26)32)15-23(30)27-18-10-12-20(33-2)13-11-18/h3-14H,15-16H2,1-2H3,(H,27,30). The van der Waals surface area contributed by atoms with Crippen LogP contribution in [0.5, 0.6) is 5.75 Å². The zero-order valence-corrected chi connectivity index (χ0v) is 19.6. The number of thioether (sulfide) groups is 1. The molecule has 3 aromatic rings. The van der Waals surface area contributed by atoms with Gasteiger partial charge in [0.05, 0.1) is 18.6 Å². The number of hydrogen-bond donors (Lipinski definition) is 1. The number of fused-ring (bicyclic) bond motifs is 2. The number of rotatable bonds is 5. The summed E-state index contributed by atoms with van der Waals surface area (Å²) in [7, 11) is 1.58. The van der Waals surface area contributed by atoms with E-state index in [0.717, 1.165) is 11.1 Å². The number of carbonyl (C=O) groups excluding carboxylic acids is 3. The largest absolute Gasteiger partial charge is 0.497 e. The van der Waals surface area contributed by atoms with E-state index < -0.39 is 4.87 Å². The van der Waals surface area contributed by atoms with E-state index in [-0.39, 0.29) is 30.0 Å². The highest BCUT2D eigenvalue weighted by Crippen LogP contribution is 2.55. The maximum absolute atomic E-state index is 14.0. The molecule has 0 bridgehead atoms. The Kier molecular flexibility index (Phi) is 5.53. The average molecular weight is 474 g/mol. The van der Waals surface area contributed by atoms with Gasteiger partial charge in [0.1, 0.15) is 12.3 Å². The van der Waals surface area contributed by atoms with Gasteiger partial charge in [-0.15, -0.1) is 11.8 Å². The molecule has 0 saturated carbocycles. The van der Waals surface area contributed by atoms with E-state index >= 15 is 0 Å². The number of benzene rings is 3. The Morgan fingerprint density at radius 1 is 1.06 bits per heavy atom. The van der Waals surface area contributed by atoms with Crippen molar-refractivity contribution in [3.63, 3.8) is 0 Å². The normalized spacial score (nSPS) is 19.0. The lowest BCUT2D eigenvalue weighted by atomic mass is 10.0. The first kappa shape index (κ1) is 22.0. The van der Waals surface area contributed by atoms with Gasteiger partial charge in [-0.2, -0.15) is 0 Å². The number of para-hydroxylation sites is 1. The van der Waals surface area contributed by atoms with Gasteiger partial charge in [-0.1, -0.05) is 30.3 Å². The van der Waals surface area contributed by atoms with E-state index in [0.29, 0.717) is 22.8 Å². The summed E-state index contributed by atoms with van der Waals surface area (Å²) in [5.74, 6) is 0.101. The summed E-state index contributed by atoms with van der Waals surface area (Å²) < 4.78 is 5.15. The van der Waals surface area contributed by atoms with Crippen molar-refractivity contribution in [3.8, 4) is 5.75 Å². The highest BCUT2D eigenvalue weighted by atomic mass is 32.2. The maximum Gasteiger partial charge on any atom is 0.269 e. The molecule has 5 rings (SSSR count). The lowest BCUT2D eigenvalue weighted by Gasteiger charge is -2.33. The number of nitrogens with one attached hydrogen (secondary N) is 1. The van der Waals surface area contributed by atoms with Crippen LogP contribution in [0.25, 0.3) is 0 Å². The Bertz CT molecular complexity index is 1290. The molecule has 1 spiro atoms. The van der Waals surface area contributed by atoms with Gasteiger partial charge in [0, 0.05) is 16.9 Å². The summed E-state index contributed by atoms with van der Waals surface area (Å²) in [5.41, 5.74) is 3.62. The monoisotopic (exact) mass is 473 g/mol. The first-order valence-electron chi connectivity index (χ1n) is 10.8. The lowest BCUT2D eigenvalue weighted by Crippen LogP contribution is -2.50. The Hall–Kier alpha value is -3.78. The molecule has 0 aromatic heterocycles. The van der Waals surface area contributed by atoms with Crippen LogP contribution in [-0.4, -0.2) is 37.1 Å². The Morgan fingerprint density at radius 3 is 2.56 bits per heavy atom. The lowest BCUT2D eigenvalue weighted by molar-refractivity contribution is -0.124. The molecule has 7 nitrogen and oxygen atoms in total. The summed E-state index contributed by atoms with van der Waals surface area (Å²) in [6, 6.07) is 21.9. The minimum Gasteiger partial charge on any atom is -0.497 e. The number of methoxy groups -OCH3 is 1. The van der Waals surface area contributed by atoms with Gasteiger partial charge in [-0.3, -0.25) is 24.2 Å². The van der Waals surface area contributed by atoms with Crippen LogP contribution in [-0.2, 0) is 19.3 Å². The van der Waals surface area contributed by atoms with Crippen molar-refractivity contribution in [2.45, 2.75) is 11.8 Å². The summed E-state index contributed by atoms with van der Waals surface area (Å²) in [6.45, 7) is 1.78. The zero-order chi connectivity index (χ0) is 23.9. The second-order valence-corrected chi connectivity index (χ2v) is 9.35. The van der Waals surface area contributed by atoms with E-state index in [1.165, 1.54) is 16.7 Å². The van der Waals surface area contributed by atoms with Crippen LogP contribution in [0.2, 0.25) is 0 Å². The summed E-state index contributed by atoms with van der Waals surface area (Å²) in [6.07, 6.45) is 0. The molecule has 1 unspecified atom stereocenters. The molecule has 2 aliphatic rings. The molecular formula is C26H23N3O4S. The van der Waals surface area contributed by atoms with E-state index in [1.807, 2.05) is 55.5 Å². The quantitative estimate of drug-likeness (QED) is 0.608. The highest BCUT2D eigenvalue weighted by Gasteiger charge is 2.61. The van der Waals surface area contributed by atoms with Crippen LogP contribution in [0.3, 0.4) is 0 Å². The molecule has 1 saturated heterocycles. The number of anilines is 3. The third-order valence-electron chi connectivity index (χ3n) is 6.00. The molecular weight excluding hydrogens is 450 g/mol. The molecule has 0 aliphatic carbocycles. The number of hydrogen-bond acceptors (Lipinski definition) is 5. The van der Waals surface area contributed by atoms with Gasteiger partial charge in [-0.25, -0.2) is 0 Å². The van der Waals surface area contributed by atoms with Crippen LogP contribution in [0.4, 0.5) is 17.1 Å². The third kappa shape index (κ3) is 3.51. The van der Waals surface area contributed by atoms with Gasteiger partial charge in [0.15, 0.2) is 0 Å². The van der Waals surface area contributed by atoms with Crippen molar-refractivity contribution in [1.29, 1.82) is 0 Å². The van der Waals surface area contributed by atoms with Crippen molar-refractivity contribution in [1.82, 2.24) is 0 Å². The Balaban J connectivity index is 1.48. The van der Waals surface area contributed by atoms with Crippen molar-refractivity contribution in [2.75, 3.05) is 34.5 Å². The average Bonchev–Trinajstić information content (AvgIpc) is 3.30. The molecule has 34 heavy (non-hydrogen) atoms. The molecule has 8 heteroatoms. The molecule has 1 N–H and O–H groups in total. The highest BCUT2D eigenvalue weighted by molar-refractivity contribution is 8.02. The van der Waals surface area contributed by atoms with Gasteiger partial charge < -0.3 is 10.1 Å². The summed E-state index contributed by atoms with van der Waals surface area (Å²) in [5, 5.41) is 2.83. The van der Waals surface area contributed by atoms with Crippen LogP contribution in [0, 0.1) is 6.92 Å². The Labute approximate surface area is 201 Å². The molecule has 2 heterocycles. The Morgan fingerprint density at radius 2 is 1.82 bits per heavy atom. The first-order chi connectivity index (χ1) is 16.4. The zero-order valence-electron chi connectivity index (χ0n) is 18.8. The SMILES string of the molecule is COc1ccc(NC(=O)CN2C(=O)C3(SCC(=O)N3c3cccc(C)c3)c3ccccc32)cc1. The van der Waals surface area contributed by atoms with Gasteiger partial charge in [0.25, 0.3) is 5.91 Å². The number of ether oxygens (including phenoxy) is 1. The predicted molar refractivity (Wildman–Crippen MR) is 133 cm³/mol. The van der Waals surface area contributed by atoms with E-state index in [9.17, 15) is 14.4 Å². The molecule has 2 aliphatic heterocycles. The van der Waals surface area contributed by atoms with E-state index in [4.69, 9.17) is 4.74 Å². The van der Waals surface area contributed by atoms with Gasteiger partial charge in [0.2, 0.25) is 16.7 Å². The molecule has 172 valence electrons. The number of nitrogens with zero attached hydrogens (tertiary/aromatic N) is 2. The topological polar surface area (TPSA) is 79.0 Å². The summed E-state index contributed by atoms with van der Waals surface area (Å²) in [4.78, 5) is 41.8. The fraction of sp³-hybridized carbons (Fsp3) is 0.192. The summed E-state index contributed by atoms with van der Waals surface area (Å²) >= 11 is 1.30. The molecule has 1 atom stereocenters. The van der Waals surface area contributed by atoms with Gasteiger partial charge >= 0.3 is 0 Å². The second-order valence-electron chi connectivity index (χ2n) is 8.19. The smallest absolute Gasteiger partial charge is 0.269 e. The minimum atomic E-state index is -1.23. The van der Waals surface area contributed by atoms with Crippen molar-refractivity contribution in [2.24, 2.45) is 0 Å². The van der Waals surface area contributed by atoms with Crippen LogP contribution >= 0.6 is 11.8 Å². The number of amides is 3. The predicted octanol–water partition coefficient (Wildman–Crippen LogP) is 3.92. The van der Waals surface area contributed by atoms with Crippen LogP contribution < -0.4 is 19.9 Å². The third-order valence-corrected chi connectivity index (χ3v) is 7.39. The molecule has 3 amide bonds. The van der Waals surface area contributed by atoms with Crippen molar-refractivity contribution in [3.05, 3.63) is 83.9 Å². The molecule has 1 fully saturated rings. The fourth-order valence-corrected chi connectivity index (χ4v) is 5.86. The van der Waals surface area contributed by atoms with Crippen LogP contribution in [0.1, 0.15) is 11.1 Å². The number of aryl methyl sites for hydroxylation is 1. The first-order valence-corrected chi connectivity index (χ1v) is 11.8.